The summed E-state index contributed by atoms with van der Waals surface area (Å²) in [4.78, 5) is 13.3. The van der Waals surface area contributed by atoms with Crippen LogP contribution in [0.1, 0.15) is 5.56 Å². The Bertz CT molecular complexity index is 568. The van der Waals surface area contributed by atoms with Gasteiger partial charge in [0.15, 0.2) is 9.84 Å². The van der Waals surface area contributed by atoms with E-state index < -0.39 is 9.84 Å². The second-order valence-electron chi connectivity index (χ2n) is 3.99. The van der Waals surface area contributed by atoms with Crippen LogP contribution in [-0.2, 0) is 21.1 Å². The third-order valence-electron chi connectivity index (χ3n) is 2.80. The van der Waals surface area contributed by atoms with Crippen LogP contribution in [0, 0.1) is 0 Å². The van der Waals surface area contributed by atoms with E-state index in [0.717, 1.165) is 18.2 Å². The summed E-state index contributed by atoms with van der Waals surface area (Å²) >= 11 is 5.52. The van der Waals surface area contributed by atoms with Crippen LogP contribution in [0.5, 0.6) is 0 Å². The number of halogens is 1. The summed E-state index contributed by atoms with van der Waals surface area (Å²) in [5.41, 5.74) is 1.65. The highest BCUT2D eigenvalue weighted by molar-refractivity contribution is 7.90. The Morgan fingerprint density at radius 2 is 2.18 bits per heavy atom. The fourth-order valence-electron chi connectivity index (χ4n) is 1.92. The average molecular weight is 274 g/mol. The van der Waals surface area contributed by atoms with Crippen molar-refractivity contribution < 1.29 is 13.2 Å². The minimum Gasteiger partial charge on any atom is -0.311 e. The van der Waals surface area contributed by atoms with Crippen LogP contribution < -0.4 is 4.90 Å². The minimum absolute atomic E-state index is 0.0947. The predicted octanol–water partition coefficient (Wildman–Crippen LogP) is 1.22. The Morgan fingerprint density at radius 3 is 2.76 bits per heavy atom. The van der Waals surface area contributed by atoms with Gasteiger partial charge in [-0.05, 0) is 24.1 Å². The number of anilines is 1. The molecule has 0 N–H and O–H groups in total. The largest absolute Gasteiger partial charge is 0.311 e. The molecule has 0 aromatic heterocycles. The van der Waals surface area contributed by atoms with Gasteiger partial charge in [-0.2, -0.15) is 0 Å². The van der Waals surface area contributed by atoms with Crippen molar-refractivity contribution in [3.8, 4) is 0 Å². The van der Waals surface area contributed by atoms with Crippen LogP contribution >= 0.6 is 11.6 Å². The number of fused-ring (bicyclic) bond motifs is 1. The highest BCUT2D eigenvalue weighted by Gasteiger charge is 2.25. The maximum atomic E-state index is 11.6. The van der Waals surface area contributed by atoms with Gasteiger partial charge in [0.05, 0.1) is 4.90 Å². The monoisotopic (exact) mass is 273 g/mol. The van der Waals surface area contributed by atoms with Gasteiger partial charge in [0, 0.05) is 18.5 Å². The van der Waals surface area contributed by atoms with Crippen molar-refractivity contribution in [2.45, 2.75) is 11.3 Å². The summed E-state index contributed by atoms with van der Waals surface area (Å²) in [6.07, 6.45) is 1.89. The Morgan fingerprint density at radius 1 is 1.47 bits per heavy atom. The van der Waals surface area contributed by atoms with Crippen molar-refractivity contribution in [1.82, 2.24) is 0 Å². The van der Waals surface area contributed by atoms with Gasteiger partial charge >= 0.3 is 0 Å². The summed E-state index contributed by atoms with van der Waals surface area (Å²) in [5, 5.41) is 0. The van der Waals surface area contributed by atoms with Crippen molar-refractivity contribution in [3.05, 3.63) is 23.8 Å². The standard InChI is InChI=1S/C11H12ClNO3S/c1-17(15,16)9-3-2-8-4-5-13(10(8)6-9)11(14)7-12/h2-3,6H,4-5,7H2,1H3. The van der Waals surface area contributed by atoms with E-state index in [0.29, 0.717) is 12.2 Å². The summed E-state index contributed by atoms with van der Waals surface area (Å²) in [6, 6.07) is 4.87. The Hall–Kier alpha value is -1.07. The first kappa shape index (κ1) is 12.4. The molecule has 0 fully saturated rings. The zero-order valence-corrected chi connectivity index (χ0v) is 10.9. The van der Waals surface area contributed by atoms with Crippen molar-refractivity contribution >= 4 is 33.0 Å². The van der Waals surface area contributed by atoms with Gasteiger partial charge in [-0.3, -0.25) is 4.79 Å². The molecule has 0 saturated carbocycles. The van der Waals surface area contributed by atoms with E-state index in [9.17, 15) is 13.2 Å². The Kier molecular flexibility index (Phi) is 3.14. The molecule has 0 spiro atoms. The van der Waals surface area contributed by atoms with Crippen LogP contribution in [-0.4, -0.2) is 33.0 Å². The molecule has 2 rings (SSSR count). The van der Waals surface area contributed by atoms with Gasteiger partial charge in [0.1, 0.15) is 5.88 Å². The molecule has 0 aliphatic carbocycles. The van der Waals surface area contributed by atoms with Crippen molar-refractivity contribution in [1.29, 1.82) is 0 Å². The van der Waals surface area contributed by atoms with Gasteiger partial charge in [0.2, 0.25) is 5.91 Å². The smallest absolute Gasteiger partial charge is 0.241 e. The molecule has 0 unspecified atom stereocenters. The fourth-order valence-corrected chi connectivity index (χ4v) is 2.71. The van der Waals surface area contributed by atoms with Crippen molar-refractivity contribution in [2.24, 2.45) is 0 Å². The van der Waals surface area contributed by atoms with Gasteiger partial charge in [-0.15, -0.1) is 11.6 Å². The molecular formula is C11H12ClNO3S. The first-order valence-corrected chi connectivity index (χ1v) is 7.55. The zero-order chi connectivity index (χ0) is 12.6. The fraction of sp³-hybridized carbons (Fsp3) is 0.364. The first-order chi connectivity index (χ1) is 7.93. The Balaban J connectivity index is 2.48. The van der Waals surface area contributed by atoms with Crippen LogP contribution in [0.4, 0.5) is 5.69 Å². The maximum absolute atomic E-state index is 11.6. The molecule has 1 aliphatic heterocycles. The highest BCUT2D eigenvalue weighted by Crippen LogP contribution is 2.30. The molecule has 0 bridgehead atoms. The van der Waals surface area contributed by atoms with Gasteiger partial charge in [-0.1, -0.05) is 6.07 Å². The minimum atomic E-state index is -3.25. The van der Waals surface area contributed by atoms with E-state index in [2.05, 4.69) is 0 Å². The van der Waals surface area contributed by atoms with E-state index in [1.807, 2.05) is 0 Å². The van der Waals surface area contributed by atoms with E-state index in [1.165, 1.54) is 4.90 Å². The normalized spacial score (nSPS) is 14.8. The average Bonchev–Trinajstić information content (AvgIpc) is 2.69. The molecule has 0 saturated heterocycles. The van der Waals surface area contributed by atoms with Gasteiger partial charge < -0.3 is 4.90 Å². The van der Waals surface area contributed by atoms with Crippen LogP contribution in [0.2, 0.25) is 0 Å². The van der Waals surface area contributed by atoms with Gasteiger partial charge in [-0.25, -0.2) is 8.42 Å². The first-order valence-electron chi connectivity index (χ1n) is 5.13. The summed E-state index contributed by atoms with van der Waals surface area (Å²) < 4.78 is 22.9. The lowest BCUT2D eigenvalue weighted by Crippen LogP contribution is -2.29. The van der Waals surface area contributed by atoms with E-state index in [4.69, 9.17) is 11.6 Å². The van der Waals surface area contributed by atoms with Crippen LogP contribution in [0.15, 0.2) is 23.1 Å². The lowest BCUT2D eigenvalue weighted by atomic mass is 10.2. The molecule has 1 aromatic rings. The van der Waals surface area contributed by atoms with Crippen LogP contribution in [0.25, 0.3) is 0 Å². The molecule has 0 atom stereocenters. The van der Waals surface area contributed by atoms with Gasteiger partial charge in [0.25, 0.3) is 0 Å². The number of rotatable bonds is 2. The number of hydrogen-bond donors (Lipinski definition) is 0. The lowest BCUT2D eigenvalue weighted by molar-refractivity contribution is -0.116. The molecule has 6 heteroatoms. The topological polar surface area (TPSA) is 54.5 Å². The SMILES string of the molecule is CS(=O)(=O)c1ccc2c(c1)N(C(=O)CCl)CC2. The molecule has 1 aromatic carbocycles. The molecule has 17 heavy (non-hydrogen) atoms. The number of nitrogens with zero attached hydrogens (tertiary/aromatic N) is 1. The number of amides is 1. The summed E-state index contributed by atoms with van der Waals surface area (Å²) in [5.74, 6) is -0.293. The molecule has 4 nitrogen and oxygen atoms in total. The number of carbonyl (C=O) groups excluding carboxylic acids is 1. The number of alkyl halides is 1. The van der Waals surface area contributed by atoms with Crippen molar-refractivity contribution in [2.75, 3.05) is 23.6 Å². The third-order valence-corrected chi connectivity index (χ3v) is 4.13. The predicted molar refractivity (Wildman–Crippen MR) is 66.3 cm³/mol. The Labute approximate surface area is 105 Å². The number of sulfone groups is 1. The molecule has 1 amide bonds. The second kappa shape index (κ2) is 4.31. The van der Waals surface area contributed by atoms with Crippen LogP contribution in [0.3, 0.4) is 0 Å². The quantitative estimate of drug-likeness (QED) is 0.762. The zero-order valence-electron chi connectivity index (χ0n) is 9.31. The highest BCUT2D eigenvalue weighted by atomic mass is 35.5. The maximum Gasteiger partial charge on any atom is 0.241 e. The molecule has 0 radical (unpaired) electrons. The molecular weight excluding hydrogens is 262 g/mol. The van der Waals surface area contributed by atoms with E-state index in [1.54, 1.807) is 18.2 Å². The van der Waals surface area contributed by atoms with E-state index in [-0.39, 0.29) is 16.7 Å². The number of hydrogen-bond acceptors (Lipinski definition) is 3. The molecule has 1 aliphatic rings. The van der Waals surface area contributed by atoms with E-state index >= 15 is 0 Å². The van der Waals surface area contributed by atoms with Crippen molar-refractivity contribution in [3.63, 3.8) is 0 Å². The third kappa shape index (κ3) is 2.30. The molecule has 1 heterocycles. The lowest BCUT2D eigenvalue weighted by Gasteiger charge is -2.16. The molecule has 92 valence electrons. The second-order valence-corrected chi connectivity index (χ2v) is 6.27. The summed E-state index contributed by atoms with van der Waals surface area (Å²) in [7, 11) is -3.25. The summed E-state index contributed by atoms with van der Waals surface area (Å²) in [6.45, 7) is 0.564. The number of benzene rings is 1. The number of carbonyl (C=O) groups is 1.